The van der Waals surface area contributed by atoms with E-state index in [9.17, 15) is 0 Å². The number of unbranched alkanes of at least 4 members (excludes halogenated alkanes) is 1. The third-order valence-electron chi connectivity index (χ3n) is 1.43. The van der Waals surface area contributed by atoms with Crippen LogP contribution in [0.3, 0.4) is 0 Å². The highest BCUT2D eigenvalue weighted by atomic mass is 35.5. The van der Waals surface area contributed by atoms with Crippen LogP contribution in [0.15, 0.2) is 24.8 Å². The van der Waals surface area contributed by atoms with Crippen molar-refractivity contribution in [3.8, 4) is 0 Å². The molecule has 3 heteroatoms. The Balaban J connectivity index is 0.000001000. The van der Waals surface area contributed by atoms with E-state index in [1.807, 2.05) is 18.6 Å². The molecule has 0 aliphatic heterocycles. The third kappa shape index (κ3) is 3.94. The van der Waals surface area contributed by atoms with Gasteiger partial charge in [-0.1, -0.05) is 18.3 Å². The Morgan fingerprint density at radius 2 is 2.27 bits per heavy atom. The summed E-state index contributed by atoms with van der Waals surface area (Å²) in [6.45, 7) is 3.28. The van der Waals surface area contributed by atoms with Gasteiger partial charge in [0.25, 0.3) is 6.33 Å². The van der Waals surface area contributed by atoms with E-state index in [4.69, 9.17) is 0 Å². The highest BCUT2D eigenvalue weighted by Gasteiger charge is 1.92. The number of hydrogen-bond acceptors (Lipinski definition) is 1. The molecule has 0 N–H and O–H groups in total. The molecule has 1 aromatic heterocycles. The summed E-state index contributed by atoms with van der Waals surface area (Å²) in [5.74, 6) is 0. The van der Waals surface area contributed by atoms with Crippen molar-refractivity contribution in [1.29, 1.82) is 0 Å². The molecule has 0 bridgehead atoms. The number of rotatable bonds is 3. The van der Waals surface area contributed by atoms with Crippen LogP contribution in [-0.4, -0.2) is 4.98 Å². The van der Waals surface area contributed by atoms with Gasteiger partial charge >= 0.3 is 0 Å². The molecule has 0 aliphatic rings. The Kier molecular flexibility index (Phi) is 5.75. The summed E-state index contributed by atoms with van der Waals surface area (Å²) in [5.41, 5.74) is 0. The van der Waals surface area contributed by atoms with Crippen LogP contribution >= 0.6 is 0 Å². The standard InChI is InChI=1S/C8H13N2.ClH/c1-2-3-6-10-7-4-5-9-8-10;/h4-5,7-8H,2-3,6H2,1H3;1H/q+1;/p-1. The smallest absolute Gasteiger partial charge is 0.286 e. The van der Waals surface area contributed by atoms with Crippen LogP contribution in [0.2, 0.25) is 0 Å². The van der Waals surface area contributed by atoms with E-state index in [0.717, 1.165) is 6.54 Å². The van der Waals surface area contributed by atoms with E-state index in [2.05, 4.69) is 16.5 Å². The first-order valence-corrected chi connectivity index (χ1v) is 3.72. The molecule has 62 valence electrons. The molecule has 0 aliphatic carbocycles. The molecule has 1 rings (SSSR count). The Labute approximate surface area is 73.7 Å². The first-order chi connectivity index (χ1) is 4.93. The number of aromatic nitrogens is 2. The van der Waals surface area contributed by atoms with Gasteiger partial charge in [0.05, 0.1) is 12.7 Å². The molecule has 0 saturated heterocycles. The number of halogens is 1. The molecule has 1 heterocycles. The van der Waals surface area contributed by atoms with Crippen LogP contribution in [0.25, 0.3) is 0 Å². The predicted octanol–water partition coefficient (Wildman–Crippen LogP) is -1.83. The zero-order chi connectivity index (χ0) is 7.23. The maximum Gasteiger partial charge on any atom is 0.286 e. The van der Waals surface area contributed by atoms with Crippen molar-refractivity contribution in [2.75, 3.05) is 0 Å². The highest BCUT2D eigenvalue weighted by Crippen LogP contribution is 1.84. The molecular weight excluding hydrogens is 160 g/mol. The van der Waals surface area contributed by atoms with Gasteiger partial charge in [-0.05, 0) is 6.42 Å². The van der Waals surface area contributed by atoms with Crippen LogP contribution in [0.4, 0.5) is 0 Å². The maximum atomic E-state index is 4.00. The lowest BCUT2D eigenvalue weighted by Crippen LogP contribution is -3.00. The fourth-order valence-electron chi connectivity index (χ4n) is 0.834. The topological polar surface area (TPSA) is 16.8 Å². The molecule has 0 amide bonds. The largest absolute Gasteiger partial charge is 1.00 e. The maximum absolute atomic E-state index is 4.00. The van der Waals surface area contributed by atoms with Crippen LogP contribution in [0, 0.1) is 0 Å². The Morgan fingerprint density at radius 1 is 1.45 bits per heavy atom. The zero-order valence-corrected chi connectivity index (χ0v) is 7.46. The van der Waals surface area contributed by atoms with Crippen molar-refractivity contribution < 1.29 is 17.0 Å². The van der Waals surface area contributed by atoms with Crippen LogP contribution < -0.4 is 17.0 Å². The van der Waals surface area contributed by atoms with Crippen molar-refractivity contribution in [2.45, 2.75) is 26.3 Å². The summed E-state index contributed by atoms with van der Waals surface area (Å²) >= 11 is 0. The van der Waals surface area contributed by atoms with Gasteiger partial charge < -0.3 is 12.4 Å². The molecule has 2 nitrogen and oxygen atoms in total. The van der Waals surface area contributed by atoms with Crippen molar-refractivity contribution in [2.24, 2.45) is 0 Å². The molecule has 0 aromatic carbocycles. The van der Waals surface area contributed by atoms with Crippen molar-refractivity contribution in [1.82, 2.24) is 4.98 Å². The average Bonchev–Trinajstić information content (AvgIpc) is 2.03. The second kappa shape index (κ2) is 6.10. The van der Waals surface area contributed by atoms with Crippen LogP contribution in [-0.2, 0) is 6.54 Å². The lowest BCUT2D eigenvalue weighted by Gasteiger charge is -1.93. The molecular formula is C8H13ClN2. The summed E-state index contributed by atoms with van der Waals surface area (Å²) < 4.78 is 2.10. The van der Waals surface area contributed by atoms with E-state index in [0.29, 0.717) is 0 Å². The van der Waals surface area contributed by atoms with Crippen molar-refractivity contribution in [3.63, 3.8) is 0 Å². The van der Waals surface area contributed by atoms with Gasteiger partial charge in [0.2, 0.25) is 0 Å². The number of aryl methyl sites for hydroxylation is 1. The predicted molar refractivity (Wildman–Crippen MR) is 39.3 cm³/mol. The van der Waals surface area contributed by atoms with E-state index < -0.39 is 0 Å². The van der Waals surface area contributed by atoms with Crippen molar-refractivity contribution >= 4 is 0 Å². The third-order valence-corrected chi connectivity index (χ3v) is 1.43. The monoisotopic (exact) mass is 172 g/mol. The normalized spacial score (nSPS) is 8.82. The van der Waals surface area contributed by atoms with Gasteiger partial charge in [-0.3, -0.25) is 0 Å². The van der Waals surface area contributed by atoms with Gasteiger partial charge in [0.15, 0.2) is 0 Å². The average molecular weight is 173 g/mol. The minimum absolute atomic E-state index is 0. The zero-order valence-electron chi connectivity index (χ0n) is 6.70. The SMILES string of the molecule is CCCC[n+]1cccnc1.[Cl-]. The molecule has 0 unspecified atom stereocenters. The minimum Gasteiger partial charge on any atom is -1.00 e. The second-order valence-corrected chi connectivity index (χ2v) is 2.35. The first-order valence-electron chi connectivity index (χ1n) is 3.72. The lowest BCUT2D eigenvalue weighted by molar-refractivity contribution is -0.700. The quantitative estimate of drug-likeness (QED) is 0.491. The van der Waals surface area contributed by atoms with E-state index in [1.165, 1.54) is 12.8 Å². The molecule has 11 heavy (non-hydrogen) atoms. The van der Waals surface area contributed by atoms with Gasteiger partial charge in [-0.2, -0.15) is 0 Å². The number of hydrogen-bond donors (Lipinski definition) is 0. The molecule has 0 fully saturated rings. The van der Waals surface area contributed by atoms with Crippen molar-refractivity contribution in [3.05, 3.63) is 24.8 Å². The minimum atomic E-state index is 0. The lowest BCUT2D eigenvalue weighted by atomic mass is 10.3. The fraction of sp³-hybridized carbons (Fsp3) is 0.500. The van der Waals surface area contributed by atoms with Gasteiger partial charge in [-0.25, -0.2) is 4.57 Å². The summed E-state index contributed by atoms with van der Waals surface area (Å²) in [4.78, 5) is 4.00. The van der Waals surface area contributed by atoms with Crippen LogP contribution in [0.5, 0.6) is 0 Å². The Morgan fingerprint density at radius 3 is 2.82 bits per heavy atom. The Bertz CT molecular complexity index is 177. The van der Waals surface area contributed by atoms with Gasteiger partial charge in [0, 0.05) is 6.07 Å². The first kappa shape index (κ1) is 10.4. The second-order valence-electron chi connectivity index (χ2n) is 2.35. The van der Waals surface area contributed by atoms with E-state index in [1.54, 1.807) is 6.20 Å². The summed E-state index contributed by atoms with van der Waals surface area (Å²) in [6, 6.07) is 1.95. The highest BCUT2D eigenvalue weighted by molar-refractivity contribution is 4.68. The van der Waals surface area contributed by atoms with E-state index in [-0.39, 0.29) is 12.4 Å². The molecule has 0 atom stereocenters. The summed E-state index contributed by atoms with van der Waals surface area (Å²) in [5, 5.41) is 0. The summed E-state index contributed by atoms with van der Waals surface area (Å²) in [6.07, 6.45) is 8.17. The molecule has 0 radical (unpaired) electrons. The molecule has 0 saturated carbocycles. The Hall–Kier alpha value is -0.630. The van der Waals surface area contributed by atoms with Gasteiger partial charge in [-0.15, -0.1) is 0 Å². The molecule has 1 aromatic rings. The van der Waals surface area contributed by atoms with E-state index >= 15 is 0 Å². The number of nitrogens with zero attached hydrogens (tertiary/aromatic N) is 2. The van der Waals surface area contributed by atoms with Crippen LogP contribution in [0.1, 0.15) is 19.8 Å². The molecule has 0 spiro atoms. The van der Waals surface area contributed by atoms with Gasteiger partial charge in [0.1, 0.15) is 6.20 Å². The summed E-state index contributed by atoms with van der Waals surface area (Å²) in [7, 11) is 0. The fourth-order valence-corrected chi connectivity index (χ4v) is 0.834.